The minimum Gasteiger partial charge on any atom is -0.383 e. The van der Waals surface area contributed by atoms with E-state index >= 15 is 0 Å². The molecule has 3 aromatic rings. The third-order valence-electron chi connectivity index (χ3n) is 4.82. The number of amides is 1. The van der Waals surface area contributed by atoms with Crippen LogP contribution in [0.25, 0.3) is 10.4 Å². The third-order valence-corrected chi connectivity index (χ3v) is 6.06. The lowest BCUT2D eigenvalue weighted by molar-refractivity contribution is -0.141. The number of aromatic nitrogens is 3. The van der Waals surface area contributed by atoms with Crippen molar-refractivity contribution in [3.05, 3.63) is 47.4 Å². The van der Waals surface area contributed by atoms with Crippen molar-refractivity contribution >= 4 is 34.6 Å². The van der Waals surface area contributed by atoms with E-state index in [1.807, 2.05) is 0 Å². The molecule has 1 saturated carbocycles. The number of anilines is 3. The SMILES string of the molecule is CC(=O)Nc1cc(Nc2nccc(C(F)(F)F)n2)cc(-c2cnc(C3(O)CCC3)s2)c1. The van der Waals surface area contributed by atoms with Crippen molar-refractivity contribution < 1.29 is 23.1 Å². The van der Waals surface area contributed by atoms with E-state index < -0.39 is 17.5 Å². The number of alkyl halides is 3. The second-order valence-electron chi connectivity index (χ2n) is 7.28. The van der Waals surface area contributed by atoms with Crippen LogP contribution in [-0.4, -0.2) is 26.0 Å². The van der Waals surface area contributed by atoms with Crippen LogP contribution in [0.4, 0.5) is 30.5 Å². The fraction of sp³-hybridized carbons (Fsp3) is 0.300. The number of nitrogens with one attached hydrogen (secondary N) is 2. The largest absolute Gasteiger partial charge is 0.433 e. The van der Waals surface area contributed by atoms with E-state index in [0.29, 0.717) is 34.8 Å². The molecule has 0 atom stereocenters. The van der Waals surface area contributed by atoms with E-state index in [0.717, 1.165) is 23.6 Å². The van der Waals surface area contributed by atoms with E-state index in [9.17, 15) is 23.1 Å². The Kier molecular flexibility index (Phi) is 5.40. The Labute approximate surface area is 179 Å². The summed E-state index contributed by atoms with van der Waals surface area (Å²) in [5.41, 5.74) is -0.461. The number of hydrogen-bond acceptors (Lipinski definition) is 7. The Hall–Kier alpha value is -3.05. The van der Waals surface area contributed by atoms with Gasteiger partial charge in [0.05, 0.1) is 4.88 Å². The lowest BCUT2D eigenvalue weighted by Crippen LogP contribution is -2.33. The van der Waals surface area contributed by atoms with Crippen LogP contribution in [0.15, 0.2) is 36.7 Å². The lowest BCUT2D eigenvalue weighted by Gasteiger charge is -2.34. The molecule has 0 radical (unpaired) electrons. The lowest BCUT2D eigenvalue weighted by atomic mass is 9.81. The summed E-state index contributed by atoms with van der Waals surface area (Å²) in [5.74, 6) is -0.526. The monoisotopic (exact) mass is 449 g/mol. The molecule has 1 aliphatic carbocycles. The van der Waals surface area contributed by atoms with Gasteiger partial charge in [0.1, 0.15) is 16.3 Å². The van der Waals surface area contributed by atoms with Crippen molar-refractivity contribution in [1.82, 2.24) is 15.0 Å². The summed E-state index contributed by atoms with van der Waals surface area (Å²) in [6.45, 7) is 1.35. The van der Waals surface area contributed by atoms with E-state index in [2.05, 4.69) is 25.6 Å². The number of nitrogens with zero attached hydrogens (tertiary/aromatic N) is 3. The predicted molar refractivity (Wildman–Crippen MR) is 110 cm³/mol. The topological polar surface area (TPSA) is 100 Å². The van der Waals surface area contributed by atoms with Gasteiger partial charge in [-0.2, -0.15) is 13.2 Å². The molecule has 1 amide bonds. The molecule has 7 nitrogen and oxygen atoms in total. The van der Waals surface area contributed by atoms with Crippen LogP contribution in [0, 0.1) is 0 Å². The van der Waals surface area contributed by atoms with Gasteiger partial charge in [0.2, 0.25) is 11.9 Å². The first-order chi connectivity index (χ1) is 14.6. The number of carbonyl (C=O) groups is 1. The average molecular weight is 449 g/mol. The van der Waals surface area contributed by atoms with Crippen molar-refractivity contribution in [2.24, 2.45) is 0 Å². The maximum atomic E-state index is 12.9. The van der Waals surface area contributed by atoms with Crippen molar-refractivity contribution in [1.29, 1.82) is 0 Å². The minimum absolute atomic E-state index is 0.227. The Bertz CT molecular complexity index is 1130. The molecule has 0 spiro atoms. The second-order valence-corrected chi connectivity index (χ2v) is 8.31. The van der Waals surface area contributed by atoms with Crippen LogP contribution in [-0.2, 0) is 16.6 Å². The van der Waals surface area contributed by atoms with Gasteiger partial charge in [0.15, 0.2) is 0 Å². The van der Waals surface area contributed by atoms with E-state index in [1.54, 1.807) is 24.4 Å². The van der Waals surface area contributed by atoms with Crippen LogP contribution in [0.1, 0.15) is 36.9 Å². The second kappa shape index (κ2) is 7.89. The van der Waals surface area contributed by atoms with Crippen LogP contribution >= 0.6 is 11.3 Å². The van der Waals surface area contributed by atoms with Gasteiger partial charge in [-0.3, -0.25) is 4.79 Å². The first-order valence-electron chi connectivity index (χ1n) is 9.41. The normalized spacial score (nSPS) is 15.3. The zero-order chi connectivity index (χ0) is 22.2. The Balaban J connectivity index is 1.68. The summed E-state index contributed by atoms with van der Waals surface area (Å²) in [6, 6.07) is 5.77. The maximum absolute atomic E-state index is 12.9. The Morgan fingerprint density at radius 1 is 1.19 bits per heavy atom. The number of rotatable bonds is 5. The number of thiazole rings is 1. The highest BCUT2D eigenvalue weighted by molar-refractivity contribution is 7.15. The summed E-state index contributed by atoms with van der Waals surface area (Å²) in [5, 5.41) is 16.6. The number of carbonyl (C=O) groups excluding carboxylic acids is 1. The molecule has 162 valence electrons. The van der Waals surface area contributed by atoms with Crippen molar-refractivity contribution in [3.8, 4) is 10.4 Å². The standard InChI is InChI=1S/C20H18F3N5O2S/c1-11(29)26-13-7-12(15-10-25-17(31-15)19(30)4-2-5-19)8-14(9-13)27-18-24-6-3-16(28-18)20(21,22)23/h3,6-10,30H,2,4-5H2,1H3,(H,26,29)(H,24,27,28). The van der Waals surface area contributed by atoms with Gasteiger partial charge in [-0.1, -0.05) is 0 Å². The molecule has 1 aromatic carbocycles. The molecule has 0 unspecified atom stereocenters. The summed E-state index contributed by atoms with van der Waals surface area (Å²) < 4.78 is 38.8. The predicted octanol–water partition coefficient (Wildman–Crippen LogP) is 4.69. The van der Waals surface area contributed by atoms with Crippen LogP contribution < -0.4 is 10.6 Å². The fourth-order valence-electron chi connectivity index (χ4n) is 3.17. The van der Waals surface area contributed by atoms with E-state index in [1.165, 1.54) is 18.3 Å². The molecule has 1 aliphatic rings. The quantitative estimate of drug-likeness (QED) is 0.523. The van der Waals surface area contributed by atoms with Crippen LogP contribution in [0.2, 0.25) is 0 Å². The smallest absolute Gasteiger partial charge is 0.383 e. The van der Waals surface area contributed by atoms with Gasteiger partial charge >= 0.3 is 6.18 Å². The van der Waals surface area contributed by atoms with Gasteiger partial charge in [0, 0.05) is 30.7 Å². The molecule has 3 N–H and O–H groups in total. The van der Waals surface area contributed by atoms with Gasteiger partial charge in [-0.15, -0.1) is 11.3 Å². The zero-order valence-corrected chi connectivity index (χ0v) is 17.1. The summed E-state index contributed by atoms with van der Waals surface area (Å²) in [7, 11) is 0. The van der Waals surface area contributed by atoms with Gasteiger partial charge in [-0.05, 0) is 49.1 Å². The van der Waals surface area contributed by atoms with Crippen LogP contribution in [0.5, 0.6) is 0 Å². The first-order valence-corrected chi connectivity index (χ1v) is 10.2. The van der Waals surface area contributed by atoms with Gasteiger partial charge in [-0.25, -0.2) is 15.0 Å². The zero-order valence-electron chi connectivity index (χ0n) is 16.3. The first kappa shape index (κ1) is 21.2. The Morgan fingerprint density at radius 3 is 2.58 bits per heavy atom. The molecule has 1 fully saturated rings. The molecular weight excluding hydrogens is 431 g/mol. The van der Waals surface area contributed by atoms with E-state index in [-0.39, 0.29) is 11.9 Å². The van der Waals surface area contributed by atoms with Crippen LogP contribution in [0.3, 0.4) is 0 Å². The summed E-state index contributed by atoms with van der Waals surface area (Å²) in [6.07, 6.45) is 0.314. The fourth-order valence-corrected chi connectivity index (χ4v) is 4.22. The highest BCUT2D eigenvalue weighted by Gasteiger charge is 2.39. The summed E-state index contributed by atoms with van der Waals surface area (Å²) >= 11 is 1.34. The van der Waals surface area contributed by atoms with Crippen molar-refractivity contribution in [2.75, 3.05) is 10.6 Å². The highest BCUT2D eigenvalue weighted by atomic mass is 32.1. The number of halogens is 3. The highest BCUT2D eigenvalue weighted by Crippen LogP contribution is 2.44. The van der Waals surface area contributed by atoms with Crippen molar-refractivity contribution in [2.45, 2.75) is 38.0 Å². The maximum Gasteiger partial charge on any atom is 0.433 e. The van der Waals surface area contributed by atoms with Gasteiger partial charge < -0.3 is 15.7 Å². The number of benzene rings is 1. The molecule has 31 heavy (non-hydrogen) atoms. The molecular formula is C20H18F3N5O2S. The average Bonchev–Trinajstić information content (AvgIpc) is 3.15. The third kappa shape index (κ3) is 4.67. The Morgan fingerprint density at radius 2 is 1.94 bits per heavy atom. The molecule has 0 aliphatic heterocycles. The molecule has 2 aromatic heterocycles. The number of aliphatic hydroxyl groups is 1. The van der Waals surface area contributed by atoms with E-state index in [4.69, 9.17) is 0 Å². The molecule has 0 bridgehead atoms. The molecule has 11 heteroatoms. The number of hydrogen-bond donors (Lipinski definition) is 3. The van der Waals surface area contributed by atoms with Crippen molar-refractivity contribution in [3.63, 3.8) is 0 Å². The minimum atomic E-state index is -4.59. The molecule has 4 rings (SSSR count). The summed E-state index contributed by atoms with van der Waals surface area (Å²) in [4.78, 5) is 24.0. The van der Waals surface area contributed by atoms with Gasteiger partial charge in [0.25, 0.3) is 0 Å². The molecule has 2 heterocycles. The molecule has 0 saturated heterocycles.